The SMILES string of the molecule is C[C@@H]1C/C=C\C(=O)[C@@H](O)[C@@H](O)CCCCc2cc(O)cc(O)c2C(=O)O1. The monoisotopic (exact) mass is 364 g/mol. The molecule has 142 valence electrons. The first-order chi connectivity index (χ1) is 12.3. The lowest BCUT2D eigenvalue weighted by Crippen LogP contribution is -2.32. The lowest BCUT2D eigenvalue weighted by molar-refractivity contribution is -0.128. The van der Waals surface area contributed by atoms with Crippen LogP contribution in [0.15, 0.2) is 24.3 Å². The zero-order chi connectivity index (χ0) is 19.3. The second-order valence-corrected chi connectivity index (χ2v) is 6.51. The smallest absolute Gasteiger partial charge is 0.342 e. The Morgan fingerprint density at radius 2 is 1.85 bits per heavy atom. The van der Waals surface area contributed by atoms with Gasteiger partial charge in [0.2, 0.25) is 0 Å². The molecule has 0 saturated carbocycles. The molecule has 7 heteroatoms. The summed E-state index contributed by atoms with van der Waals surface area (Å²) in [6.07, 6.45) is 1.20. The number of cyclic esters (lactones) is 1. The van der Waals surface area contributed by atoms with Crippen molar-refractivity contribution in [3.8, 4) is 11.5 Å². The van der Waals surface area contributed by atoms with Gasteiger partial charge in [-0.1, -0.05) is 12.5 Å². The fourth-order valence-corrected chi connectivity index (χ4v) is 2.88. The first kappa shape index (κ1) is 19.9. The van der Waals surface area contributed by atoms with Crippen molar-refractivity contribution in [3.05, 3.63) is 35.4 Å². The number of ether oxygens (including phenoxy) is 1. The van der Waals surface area contributed by atoms with E-state index >= 15 is 0 Å². The standard InChI is InChI=1S/C19H24O7/c1-11-5-4-8-15(22)18(24)14(21)7-3-2-6-12-9-13(20)10-16(23)17(12)19(25)26-11/h4,8-11,14,18,20-21,23-24H,2-3,5-7H2,1H3/b8-4-/t11-,14+,18+/m1/s1. The van der Waals surface area contributed by atoms with Gasteiger partial charge in [0.25, 0.3) is 0 Å². The van der Waals surface area contributed by atoms with E-state index in [0.717, 1.165) is 6.07 Å². The summed E-state index contributed by atoms with van der Waals surface area (Å²) in [4.78, 5) is 24.2. The number of phenols is 2. The Morgan fingerprint density at radius 1 is 1.12 bits per heavy atom. The number of aliphatic hydroxyl groups excluding tert-OH is 2. The highest BCUT2D eigenvalue weighted by Gasteiger charge is 2.24. The Hall–Kier alpha value is -2.38. The zero-order valence-electron chi connectivity index (χ0n) is 14.6. The van der Waals surface area contributed by atoms with Crippen molar-refractivity contribution < 1.29 is 34.8 Å². The van der Waals surface area contributed by atoms with Gasteiger partial charge in [-0.3, -0.25) is 4.79 Å². The van der Waals surface area contributed by atoms with Crippen molar-refractivity contribution in [1.29, 1.82) is 0 Å². The van der Waals surface area contributed by atoms with Gasteiger partial charge in [-0.05, 0) is 43.9 Å². The highest BCUT2D eigenvalue weighted by atomic mass is 16.5. The van der Waals surface area contributed by atoms with Gasteiger partial charge in [-0.15, -0.1) is 0 Å². The molecule has 0 fully saturated rings. The summed E-state index contributed by atoms with van der Waals surface area (Å²) in [5.41, 5.74) is 0.446. The molecule has 0 saturated heterocycles. The lowest BCUT2D eigenvalue weighted by Gasteiger charge is -2.16. The van der Waals surface area contributed by atoms with Crippen molar-refractivity contribution in [1.82, 2.24) is 0 Å². The summed E-state index contributed by atoms with van der Waals surface area (Å²) in [6.45, 7) is 1.63. The molecule has 1 aliphatic rings. The normalized spacial score (nSPS) is 27.0. The van der Waals surface area contributed by atoms with E-state index in [2.05, 4.69) is 0 Å². The average Bonchev–Trinajstić information content (AvgIpc) is 2.56. The number of aliphatic hydroxyl groups is 2. The van der Waals surface area contributed by atoms with Gasteiger partial charge < -0.3 is 25.2 Å². The molecule has 1 aromatic rings. The van der Waals surface area contributed by atoms with E-state index in [0.29, 0.717) is 24.8 Å². The van der Waals surface area contributed by atoms with Crippen LogP contribution in [0, 0.1) is 0 Å². The molecular weight excluding hydrogens is 340 g/mol. The molecule has 4 N–H and O–H groups in total. The van der Waals surface area contributed by atoms with Crippen molar-refractivity contribution >= 4 is 11.8 Å². The van der Waals surface area contributed by atoms with Gasteiger partial charge in [-0.25, -0.2) is 4.79 Å². The molecule has 7 nitrogen and oxygen atoms in total. The summed E-state index contributed by atoms with van der Waals surface area (Å²) < 4.78 is 5.30. The summed E-state index contributed by atoms with van der Waals surface area (Å²) in [5.74, 6) is -1.83. The third-order valence-electron chi connectivity index (χ3n) is 4.30. The van der Waals surface area contributed by atoms with E-state index in [1.54, 1.807) is 6.92 Å². The minimum absolute atomic E-state index is 0.00478. The number of ketones is 1. The number of rotatable bonds is 0. The fourth-order valence-electron chi connectivity index (χ4n) is 2.88. The third-order valence-corrected chi connectivity index (χ3v) is 4.30. The molecule has 0 radical (unpaired) electrons. The lowest BCUT2D eigenvalue weighted by atomic mass is 9.97. The van der Waals surface area contributed by atoms with Gasteiger partial charge in [-0.2, -0.15) is 0 Å². The molecule has 0 spiro atoms. The maximum absolute atomic E-state index is 12.4. The summed E-state index contributed by atoms with van der Waals surface area (Å²) in [6, 6.07) is 2.48. The third kappa shape index (κ3) is 5.06. The Balaban J connectivity index is 2.29. The Kier molecular flexibility index (Phi) is 6.76. The number of aryl methyl sites for hydroxylation is 1. The highest BCUT2D eigenvalue weighted by molar-refractivity contribution is 5.95. The van der Waals surface area contributed by atoms with E-state index in [1.807, 2.05) is 0 Å². The van der Waals surface area contributed by atoms with Gasteiger partial charge in [0.15, 0.2) is 5.78 Å². The second kappa shape index (κ2) is 8.82. The van der Waals surface area contributed by atoms with E-state index in [9.17, 15) is 30.0 Å². The molecule has 1 aliphatic heterocycles. The van der Waals surface area contributed by atoms with Crippen molar-refractivity contribution in [3.63, 3.8) is 0 Å². The van der Waals surface area contributed by atoms with Crippen LogP contribution in [-0.2, 0) is 16.0 Å². The molecule has 0 unspecified atom stereocenters. The van der Waals surface area contributed by atoms with Crippen LogP contribution in [0.1, 0.15) is 48.5 Å². The van der Waals surface area contributed by atoms with Crippen LogP contribution in [0.3, 0.4) is 0 Å². The van der Waals surface area contributed by atoms with Crippen molar-refractivity contribution in [2.75, 3.05) is 0 Å². The maximum Gasteiger partial charge on any atom is 0.342 e. The van der Waals surface area contributed by atoms with Crippen LogP contribution in [0.5, 0.6) is 11.5 Å². The van der Waals surface area contributed by atoms with Gasteiger partial charge in [0.05, 0.1) is 6.10 Å². The number of aromatic hydroxyl groups is 2. The Labute approximate surface area is 151 Å². The Morgan fingerprint density at radius 3 is 2.58 bits per heavy atom. The highest BCUT2D eigenvalue weighted by Crippen LogP contribution is 2.30. The number of benzene rings is 1. The molecule has 1 aromatic carbocycles. The average molecular weight is 364 g/mol. The molecular formula is C19H24O7. The van der Waals surface area contributed by atoms with E-state index in [4.69, 9.17) is 4.74 Å². The zero-order valence-corrected chi connectivity index (χ0v) is 14.6. The largest absolute Gasteiger partial charge is 0.508 e. The number of hydrogen-bond acceptors (Lipinski definition) is 7. The number of esters is 1. The molecule has 0 amide bonds. The topological polar surface area (TPSA) is 124 Å². The van der Waals surface area contributed by atoms with E-state index < -0.39 is 30.1 Å². The van der Waals surface area contributed by atoms with Crippen LogP contribution in [0.25, 0.3) is 0 Å². The second-order valence-electron chi connectivity index (χ2n) is 6.51. The minimum atomic E-state index is -1.49. The van der Waals surface area contributed by atoms with Crippen molar-refractivity contribution in [2.45, 2.75) is 57.3 Å². The van der Waals surface area contributed by atoms with Crippen LogP contribution in [0.4, 0.5) is 0 Å². The van der Waals surface area contributed by atoms with Gasteiger partial charge in [0.1, 0.15) is 29.3 Å². The number of hydrogen-bond donors (Lipinski definition) is 4. The van der Waals surface area contributed by atoms with Crippen LogP contribution in [0.2, 0.25) is 0 Å². The first-order valence-corrected chi connectivity index (χ1v) is 8.62. The fraction of sp³-hybridized carbons (Fsp3) is 0.474. The van der Waals surface area contributed by atoms with Crippen LogP contribution in [-0.4, -0.2) is 50.5 Å². The quantitative estimate of drug-likeness (QED) is 0.516. The molecule has 0 aromatic heterocycles. The number of phenolic OH excluding ortho intramolecular Hbond substituents is 2. The van der Waals surface area contributed by atoms with E-state index in [1.165, 1.54) is 18.2 Å². The molecule has 26 heavy (non-hydrogen) atoms. The summed E-state index contributed by atoms with van der Waals surface area (Å²) in [5, 5.41) is 39.5. The first-order valence-electron chi connectivity index (χ1n) is 8.62. The van der Waals surface area contributed by atoms with Crippen LogP contribution < -0.4 is 0 Å². The van der Waals surface area contributed by atoms with Gasteiger partial charge >= 0.3 is 5.97 Å². The maximum atomic E-state index is 12.4. The van der Waals surface area contributed by atoms with Crippen LogP contribution >= 0.6 is 0 Å². The molecule has 3 atom stereocenters. The number of carbonyl (C=O) groups excluding carboxylic acids is 2. The summed E-state index contributed by atoms with van der Waals surface area (Å²) >= 11 is 0. The van der Waals surface area contributed by atoms with E-state index in [-0.39, 0.29) is 29.9 Å². The number of carbonyl (C=O) groups is 2. The predicted octanol–water partition coefficient (Wildman–Crippen LogP) is 1.61. The Bertz CT molecular complexity index is 695. The predicted molar refractivity (Wildman–Crippen MR) is 93.0 cm³/mol. The molecule has 0 aliphatic carbocycles. The van der Waals surface area contributed by atoms with Crippen molar-refractivity contribution in [2.24, 2.45) is 0 Å². The number of fused-ring (bicyclic) bond motifs is 1. The molecule has 0 bridgehead atoms. The van der Waals surface area contributed by atoms with Gasteiger partial charge in [0, 0.05) is 12.5 Å². The molecule has 1 heterocycles. The molecule has 2 rings (SSSR count). The summed E-state index contributed by atoms with van der Waals surface area (Å²) in [7, 11) is 0. The minimum Gasteiger partial charge on any atom is -0.508 e.